The highest BCUT2D eigenvalue weighted by Gasteiger charge is 2.28. The minimum atomic E-state index is -3.39. The van der Waals surface area contributed by atoms with Gasteiger partial charge >= 0.3 is 10.2 Å². The Bertz CT molecular complexity index is 557. The van der Waals surface area contributed by atoms with Crippen molar-refractivity contribution in [1.29, 1.82) is 0 Å². The van der Waals surface area contributed by atoms with Crippen LogP contribution in [0.4, 0.5) is 5.69 Å². The molecule has 0 fully saturated rings. The average molecular weight is 283 g/mol. The molecule has 0 saturated carbocycles. The molecule has 1 aromatic carbocycles. The molecule has 5 nitrogen and oxygen atoms in total. The van der Waals surface area contributed by atoms with Gasteiger partial charge in [-0.25, -0.2) is 0 Å². The van der Waals surface area contributed by atoms with E-state index in [-0.39, 0.29) is 6.04 Å². The third-order valence-corrected chi connectivity index (χ3v) is 5.12. The van der Waals surface area contributed by atoms with E-state index in [4.69, 9.17) is 0 Å². The topological polar surface area (TPSA) is 61.4 Å². The van der Waals surface area contributed by atoms with Crippen LogP contribution >= 0.6 is 0 Å². The zero-order valence-corrected chi connectivity index (χ0v) is 12.4. The van der Waals surface area contributed by atoms with Crippen molar-refractivity contribution >= 4 is 15.9 Å². The van der Waals surface area contributed by atoms with E-state index in [0.29, 0.717) is 13.1 Å². The number of nitrogens with zero attached hydrogens (tertiary/aromatic N) is 1. The second-order valence-corrected chi connectivity index (χ2v) is 6.40. The molecule has 1 aromatic rings. The van der Waals surface area contributed by atoms with Crippen LogP contribution in [0.3, 0.4) is 0 Å². The zero-order valence-electron chi connectivity index (χ0n) is 11.6. The fourth-order valence-corrected chi connectivity index (χ4v) is 3.63. The Morgan fingerprint density at radius 3 is 2.79 bits per heavy atom. The minimum Gasteiger partial charge on any atom is -0.313 e. The fraction of sp³-hybridized carbons (Fsp3) is 0.538. The Labute approximate surface area is 115 Å². The zero-order chi connectivity index (χ0) is 14.0. The molecule has 2 rings (SSSR count). The largest absolute Gasteiger partial charge is 0.313 e. The molecule has 6 heteroatoms. The minimum absolute atomic E-state index is 0.268. The van der Waals surface area contributed by atoms with Crippen molar-refractivity contribution in [1.82, 2.24) is 10.0 Å². The van der Waals surface area contributed by atoms with E-state index >= 15 is 0 Å². The van der Waals surface area contributed by atoms with Gasteiger partial charge in [0.05, 0.1) is 5.69 Å². The normalized spacial score (nSPS) is 16.5. The van der Waals surface area contributed by atoms with Gasteiger partial charge in [-0.15, -0.1) is 0 Å². The fourth-order valence-electron chi connectivity index (χ4n) is 2.34. The van der Waals surface area contributed by atoms with Gasteiger partial charge in [0.15, 0.2) is 0 Å². The Kier molecular flexibility index (Phi) is 4.13. The predicted octanol–water partition coefficient (Wildman–Crippen LogP) is 1.18. The van der Waals surface area contributed by atoms with Gasteiger partial charge in [0, 0.05) is 19.1 Å². The first-order chi connectivity index (χ1) is 8.99. The Balaban J connectivity index is 2.32. The SMILES string of the molecule is CCNS(=O)(=O)N1CCc2cc(C(C)NC)ccc21. The third kappa shape index (κ3) is 2.75. The number of fused-ring (bicyclic) bond motifs is 1. The van der Waals surface area contributed by atoms with E-state index in [2.05, 4.69) is 23.0 Å². The molecule has 19 heavy (non-hydrogen) atoms. The van der Waals surface area contributed by atoms with Crippen LogP contribution in [0.2, 0.25) is 0 Å². The van der Waals surface area contributed by atoms with Gasteiger partial charge in [0.2, 0.25) is 0 Å². The number of nitrogens with one attached hydrogen (secondary N) is 2. The van der Waals surface area contributed by atoms with E-state index < -0.39 is 10.2 Å². The lowest BCUT2D eigenvalue weighted by Crippen LogP contribution is -2.39. The predicted molar refractivity (Wildman–Crippen MR) is 77.6 cm³/mol. The molecule has 1 atom stereocenters. The summed E-state index contributed by atoms with van der Waals surface area (Å²) in [6.07, 6.45) is 0.768. The third-order valence-electron chi connectivity index (χ3n) is 3.51. The monoisotopic (exact) mass is 283 g/mol. The van der Waals surface area contributed by atoms with Gasteiger partial charge in [-0.2, -0.15) is 13.1 Å². The van der Waals surface area contributed by atoms with Gasteiger partial charge in [0.25, 0.3) is 0 Å². The highest BCUT2D eigenvalue weighted by Crippen LogP contribution is 2.31. The van der Waals surface area contributed by atoms with E-state index in [0.717, 1.165) is 17.7 Å². The van der Waals surface area contributed by atoms with Crippen LogP contribution in [-0.2, 0) is 16.6 Å². The van der Waals surface area contributed by atoms with Crippen LogP contribution in [0.25, 0.3) is 0 Å². The molecule has 2 N–H and O–H groups in total. The lowest BCUT2D eigenvalue weighted by atomic mass is 10.0. The van der Waals surface area contributed by atoms with Crippen molar-refractivity contribution in [3.8, 4) is 0 Å². The molecular weight excluding hydrogens is 262 g/mol. The van der Waals surface area contributed by atoms with Crippen LogP contribution in [0, 0.1) is 0 Å². The molecular formula is C13H21N3O2S. The lowest BCUT2D eigenvalue weighted by Gasteiger charge is -2.20. The second-order valence-electron chi connectivity index (χ2n) is 4.72. The first kappa shape index (κ1) is 14.3. The standard InChI is InChI=1S/C13H21N3O2S/c1-4-15-19(17,18)16-8-7-12-9-11(10(2)14-3)5-6-13(12)16/h5-6,9-10,14-15H,4,7-8H2,1-3H3. The molecule has 0 radical (unpaired) electrons. The molecule has 0 bridgehead atoms. The van der Waals surface area contributed by atoms with Crippen molar-refractivity contribution in [2.75, 3.05) is 24.4 Å². The number of hydrogen-bond donors (Lipinski definition) is 2. The van der Waals surface area contributed by atoms with Gasteiger partial charge in [-0.1, -0.05) is 19.1 Å². The summed E-state index contributed by atoms with van der Waals surface area (Å²) in [7, 11) is -1.48. The summed E-state index contributed by atoms with van der Waals surface area (Å²) in [5, 5.41) is 3.19. The molecule has 106 valence electrons. The maximum atomic E-state index is 12.1. The molecule has 0 amide bonds. The smallest absolute Gasteiger partial charge is 0.301 e. The number of anilines is 1. The maximum Gasteiger partial charge on any atom is 0.301 e. The van der Waals surface area contributed by atoms with E-state index in [1.165, 1.54) is 9.87 Å². The average Bonchev–Trinajstić information content (AvgIpc) is 2.81. The summed E-state index contributed by atoms with van der Waals surface area (Å²) in [6.45, 7) is 4.79. The van der Waals surface area contributed by atoms with E-state index in [9.17, 15) is 8.42 Å². The number of rotatable bonds is 5. The van der Waals surface area contributed by atoms with E-state index in [1.807, 2.05) is 19.2 Å². The summed E-state index contributed by atoms with van der Waals surface area (Å²) in [5.74, 6) is 0. The van der Waals surface area contributed by atoms with Crippen molar-refractivity contribution < 1.29 is 8.42 Å². The second kappa shape index (κ2) is 5.48. The van der Waals surface area contributed by atoms with Gasteiger partial charge in [0.1, 0.15) is 0 Å². The van der Waals surface area contributed by atoms with Crippen molar-refractivity contribution in [3.05, 3.63) is 29.3 Å². The maximum absolute atomic E-state index is 12.1. The summed E-state index contributed by atoms with van der Waals surface area (Å²) >= 11 is 0. The Morgan fingerprint density at radius 2 is 2.16 bits per heavy atom. The molecule has 0 spiro atoms. The van der Waals surface area contributed by atoms with Crippen molar-refractivity contribution in [3.63, 3.8) is 0 Å². The van der Waals surface area contributed by atoms with Crippen LogP contribution in [0.1, 0.15) is 31.0 Å². The van der Waals surface area contributed by atoms with Gasteiger partial charge in [-0.3, -0.25) is 4.31 Å². The van der Waals surface area contributed by atoms with Gasteiger partial charge < -0.3 is 5.32 Å². The van der Waals surface area contributed by atoms with E-state index in [1.54, 1.807) is 6.92 Å². The summed E-state index contributed by atoms with van der Waals surface area (Å²) < 4.78 is 28.1. The molecule has 0 saturated heterocycles. The molecule has 0 aromatic heterocycles. The molecule has 1 aliphatic rings. The summed E-state index contributed by atoms with van der Waals surface area (Å²) in [5.41, 5.74) is 3.08. The Morgan fingerprint density at radius 1 is 1.42 bits per heavy atom. The molecule has 1 heterocycles. The van der Waals surface area contributed by atoms with Crippen LogP contribution in [-0.4, -0.2) is 28.6 Å². The quantitative estimate of drug-likeness (QED) is 0.853. The lowest BCUT2D eigenvalue weighted by molar-refractivity contribution is 0.580. The molecule has 0 aliphatic carbocycles. The van der Waals surface area contributed by atoms with Crippen LogP contribution < -0.4 is 14.3 Å². The number of hydrogen-bond acceptors (Lipinski definition) is 3. The summed E-state index contributed by atoms with van der Waals surface area (Å²) in [6, 6.07) is 6.25. The molecule has 1 unspecified atom stereocenters. The first-order valence-electron chi connectivity index (χ1n) is 6.57. The van der Waals surface area contributed by atoms with Crippen LogP contribution in [0.15, 0.2) is 18.2 Å². The molecule has 1 aliphatic heterocycles. The van der Waals surface area contributed by atoms with Gasteiger partial charge in [-0.05, 0) is 37.6 Å². The van der Waals surface area contributed by atoms with Crippen LogP contribution in [0.5, 0.6) is 0 Å². The highest BCUT2D eigenvalue weighted by molar-refractivity contribution is 7.90. The first-order valence-corrected chi connectivity index (χ1v) is 8.01. The van der Waals surface area contributed by atoms with Crippen molar-refractivity contribution in [2.45, 2.75) is 26.3 Å². The van der Waals surface area contributed by atoms with Crippen molar-refractivity contribution in [2.24, 2.45) is 0 Å². The Hall–Kier alpha value is -1.11. The highest BCUT2D eigenvalue weighted by atomic mass is 32.2. The summed E-state index contributed by atoms with van der Waals surface area (Å²) in [4.78, 5) is 0. The number of benzene rings is 1.